The Morgan fingerprint density at radius 2 is 2.05 bits per heavy atom. The minimum Gasteiger partial charge on any atom is -0.399 e. The van der Waals surface area contributed by atoms with Crippen LogP contribution in [0.25, 0.3) is 0 Å². The third-order valence-corrected chi connectivity index (χ3v) is 3.84. The van der Waals surface area contributed by atoms with Crippen LogP contribution < -0.4 is 11.5 Å². The van der Waals surface area contributed by atoms with E-state index in [1.165, 1.54) is 0 Å². The predicted octanol–water partition coefficient (Wildman–Crippen LogP) is 0.915. The Morgan fingerprint density at radius 3 is 2.58 bits per heavy atom. The summed E-state index contributed by atoms with van der Waals surface area (Å²) in [7, 11) is 0. The van der Waals surface area contributed by atoms with E-state index in [-0.39, 0.29) is 11.8 Å². The molecule has 4 N–H and O–H groups in total. The van der Waals surface area contributed by atoms with E-state index in [1.807, 2.05) is 6.92 Å². The molecule has 1 heterocycles. The lowest BCUT2D eigenvalue weighted by molar-refractivity contribution is -0.126. The van der Waals surface area contributed by atoms with Crippen molar-refractivity contribution in [3.8, 4) is 0 Å². The summed E-state index contributed by atoms with van der Waals surface area (Å²) in [6.07, 6.45) is 0.613. The molecule has 2 amide bonds. The molecule has 1 atom stereocenters. The van der Waals surface area contributed by atoms with Crippen molar-refractivity contribution in [2.75, 3.05) is 18.8 Å². The van der Waals surface area contributed by atoms with Crippen molar-refractivity contribution in [1.82, 2.24) is 4.90 Å². The number of amides is 2. The van der Waals surface area contributed by atoms with Crippen molar-refractivity contribution in [3.05, 3.63) is 29.3 Å². The molecule has 0 spiro atoms. The molecule has 0 radical (unpaired) electrons. The highest BCUT2D eigenvalue weighted by Gasteiger charge is 2.40. The molecule has 0 aliphatic carbocycles. The van der Waals surface area contributed by atoms with Crippen molar-refractivity contribution < 1.29 is 9.59 Å². The first-order valence-corrected chi connectivity index (χ1v) is 6.29. The van der Waals surface area contributed by atoms with Gasteiger partial charge < -0.3 is 16.4 Å². The van der Waals surface area contributed by atoms with Crippen LogP contribution in [0.2, 0.25) is 0 Å². The largest absolute Gasteiger partial charge is 0.399 e. The Bertz CT molecular complexity index is 541. The molecule has 0 aromatic heterocycles. The van der Waals surface area contributed by atoms with Crippen molar-refractivity contribution in [3.63, 3.8) is 0 Å². The summed E-state index contributed by atoms with van der Waals surface area (Å²) in [5.74, 6) is -0.417. The molecule has 1 aromatic rings. The number of nitrogens with zero attached hydrogens (tertiary/aromatic N) is 1. The summed E-state index contributed by atoms with van der Waals surface area (Å²) >= 11 is 0. The fraction of sp³-hybridized carbons (Fsp3) is 0.429. The van der Waals surface area contributed by atoms with Crippen LogP contribution in [0.15, 0.2) is 18.2 Å². The van der Waals surface area contributed by atoms with Crippen LogP contribution in [0.3, 0.4) is 0 Å². The topological polar surface area (TPSA) is 89.4 Å². The monoisotopic (exact) mass is 261 g/mol. The third-order valence-electron chi connectivity index (χ3n) is 3.84. The van der Waals surface area contributed by atoms with Crippen LogP contribution in [0.4, 0.5) is 5.69 Å². The minimum atomic E-state index is -0.614. The molecule has 0 bridgehead atoms. The lowest BCUT2D eigenvalue weighted by atomic mass is 9.89. The lowest BCUT2D eigenvalue weighted by Gasteiger charge is -2.21. The Morgan fingerprint density at radius 1 is 1.37 bits per heavy atom. The normalized spacial score (nSPS) is 22.5. The van der Waals surface area contributed by atoms with Gasteiger partial charge in [-0.15, -0.1) is 0 Å². The Kier molecular flexibility index (Phi) is 3.22. The molecule has 102 valence electrons. The second-order valence-corrected chi connectivity index (χ2v) is 5.48. The maximum absolute atomic E-state index is 12.4. The molecule has 1 aliphatic heterocycles. The van der Waals surface area contributed by atoms with Crippen LogP contribution in [0.5, 0.6) is 0 Å². The Labute approximate surface area is 112 Å². The number of rotatable bonds is 2. The maximum atomic E-state index is 12.4. The molecule has 1 aromatic carbocycles. The maximum Gasteiger partial charge on any atom is 0.254 e. The fourth-order valence-electron chi connectivity index (χ4n) is 2.43. The molecular formula is C14H19N3O2. The van der Waals surface area contributed by atoms with Gasteiger partial charge in [-0.25, -0.2) is 0 Å². The Hall–Kier alpha value is -2.04. The van der Waals surface area contributed by atoms with E-state index in [2.05, 4.69) is 0 Å². The first kappa shape index (κ1) is 13.4. The minimum absolute atomic E-state index is 0.0672. The number of primary amides is 1. The van der Waals surface area contributed by atoms with E-state index in [4.69, 9.17) is 11.5 Å². The second-order valence-electron chi connectivity index (χ2n) is 5.48. The van der Waals surface area contributed by atoms with Crippen molar-refractivity contribution >= 4 is 17.5 Å². The zero-order valence-electron chi connectivity index (χ0n) is 11.3. The average molecular weight is 261 g/mol. The molecule has 2 rings (SSSR count). The summed E-state index contributed by atoms with van der Waals surface area (Å²) < 4.78 is 0. The van der Waals surface area contributed by atoms with Gasteiger partial charge in [-0.05, 0) is 44.0 Å². The number of anilines is 1. The van der Waals surface area contributed by atoms with Gasteiger partial charge in [0, 0.05) is 24.3 Å². The number of likely N-dealkylation sites (tertiary alicyclic amines) is 1. The van der Waals surface area contributed by atoms with Gasteiger partial charge in [-0.1, -0.05) is 0 Å². The summed E-state index contributed by atoms with van der Waals surface area (Å²) in [5.41, 5.74) is 12.6. The van der Waals surface area contributed by atoms with Gasteiger partial charge in [-0.2, -0.15) is 0 Å². The lowest BCUT2D eigenvalue weighted by Crippen LogP contribution is -2.38. The average Bonchev–Trinajstić information content (AvgIpc) is 2.73. The number of nitrogen functional groups attached to an aromatic ring is 1. The van der Waals surface area contributed by atoms with Crippen LogP contribution >= 0.6 is 0 Å². The zero-order chi connectivity index (χ0) is 14.2. The van der Waals surface area contributed by atoms with Gasteiger partial charge in [0.25, 0.3) is 5.91 Å². The quantitative estimate of drug-likeness (QED) is 0.775. The molecule has 1 aliphatic rings. The number of carbonyl (C=O) groups is 2. The van der Waals surface area contributed by atoms with E-state index in [9.17, 15) is 9.59 Å². The Balaban J connectivity index is 2.20. The number of carbonyl (C=O) groups excluding carboxylic acids is 2. The summed E-state index contributed by atoms with van der Waals surface area (Å²) in [4.78, 5) is 25.5. The van der Waals surface area contributed by atoms with E-state index < -0.39 is 5.41 Å². The SMILES string of the molecule is Cc1cc(N)ccc1C(=O)N1CCC(C)(C(N)=O)C1. The molecule has 0 saturated carbocycles. The highest BCUT2D eigenvalue weighted by molar-refractivity contribution is 5.97. The van der Waals surface area contributed by atoms with E-state index >= 15 is 0 Å². The molecule has 19 heavy (non-hydrogen) atoms. The molecule has 1 unspecified atom stereocenters. The number of aryl methyl sites for hydroxylation is 1. The summed E-state index contributed by atoms with van der Waals surface area (Å²) in [6.45, 7) is 4.60. The number of benzene rings is 1. The standard InChI is InChI=1S/C14H19N3O2/c1-9-7-10(15)3-4-11(9)12(18)17-6-5-14(2,8-17)13(16)19/h3-4,7H,5-6,8,15H2,1-2H3,(H2,16,19). The predicted molar refractivity (Wildman–Crippen MR) is 73.4 cm³/mol. The smallest absolute Gasteiger partial charge is 0.254 e. The van der Waals surface area contributed by atoms with Crippen LogP contribution in [0, 0.1) is 12.3 Å². The molecular weight excluding hydrogens is 242 g/mol. The number of hydrogen-bond acceptors (Lipinski definition) is 3. The van der Waals surface area contributed by atoms with Gasteiger partial charge in [0.15, 0.2) is 0 Å². The summed E-state index contributed by atoms with van der Waals surface area (Å²) in [6, 6.07) is 5.22. The molecule has 5 heteroatoms. The van der Waals surface area contributed by atoms with Crippen molar-refractivity contribution in [2.45, 2.75) is 20.3 Å². The fourth-order valence-corrected chi connectivity index (χ4v) is 2.43. The van der Waals surface area contributed by atoms with Crippen LogP contribution in [-0.2, 0) is 4.79 Å². The highest BCUT2D eigenvalue weighted by Crippen LogP contribution is 2.30. The summed E-state index contributed by atoms with van der Waals surface area (Å²) in [5, 5.41) is 0. The van der Waals surface area contributed by atoms with Crippen molar-refractivity contribution in [1.29, 1.82) is 0 Å². The van der Waals surface area contributed by atoms with Crippen LogP contribution in [0.1, 0.15) is 29.3 Å². The van der Waals surface area contributed by atoms with Gasteiger partial charge in [0.1, 0.15) is 0 Å². The van der Waals surface area contributed by atoms with E-state index in [0.29, 0.717) is 30.8 Å². The van der Waals surface area contributed by atoms with Crippen molar-refractivity contribution in [2.24, 2.45) is 11.1 Å². The van der Waals surface area contributed by atoms with Crippen LogP contribution in [-0.4, -0.2) is 29.8 Å². The van der Waals surface area contributed by atoms with E-state index in [1.54, 1.807) is 30.0 Å². The molecule has 1 fully saturated rings. The number of hydrogen-bond donors (Lipinski definition) is 2. The van der Waals surface area contributed by atoms with Gasteiger partial charge in [0.2, 0.25) is 5.91 Å². The number of nitrogens with two attached hydrogens (primary N) is 2. The molecule has 1 saturated heterocycles. The second kappa shape index (κ2) is 4.57. The van der Waals surface area contributed by atoms with E-state index in [0.717, 1.165) is 5.56 Å². The first-order valence-electron chi connectivity index (χ1n) is 6.29. The van der Waals surface area contributed by atoms with Gasteiger partial charge in [-0.3, -0.25) is 9.59 Å². The third kappa shape index (κ3) is 2.41. The first-order chi connectivity index (χ1) is 8.83. The molecule has 5 nitrogen and oxygen atoms in total. The zero-order valence-corrected chi connectivity index (χ0v) is 11.3. The highest BCUT2D eigenvalue weighted by atomic mass is 16.2. The van der Waals surface area contributed by atoms with Gasteiger partial charge in [0.05, 0.1) is 5.41 Å². The van der Waals surface area contributed by atoms with Gasteiger partial charge >= 0.3 is 0 Å².